The third kappa shape index (κ3) is 4.04. The number of imidazole rings is 1. The zero-order valence-corrected chi connectivity index (χ0v) is 15.7. The molecule has 0 amide bonds. The standard InChI is InChI=1S/C17H21F3N8O/c1-16(2,29)12-7-22-14(8-21-12)24-13-3-4-15-23-6-10(28(15)27-13)9-5-11(26-25-9)17(18,19)20/h3-6,12,14,21-22,29H,7-8H2,1-2H3,(H,24,27)(H,25,26)/t12-,14+/m0/s1. The fraction of sp³-hybridized carbons (Fsp3) is 0.471. The van der Waals surface area contributed by atoms with Crippen molar-refractivity contribution >= 4 is 11.5 Å². The van der Waals surface area contributed by atoms with Crippen LogP contribution in [0.25, 0.3) is 17.0 Å². The number of alkyl halides is 3. The second-order valence-corrected chi connectivity index (χ2v) is 7.52. The van der Waals surface area contributed by atoms with Crippen LogP contribution in [0.2, 0.25) is 0 Å². The Hall–Kier alpha value is -2.70. The lowest BCUT2D eigenvalue weighted by Crippen LogP contribution is -2.63. The lowest BCUT2D eigenvalue weighted by atomic mass is 9.97. The highest BCUT2D eigenvalue weighted by Crippen LogP contribution is 2.30. The summed E-state index contributed by atoms with van der Waals surface area (Å²) in [7, 11) is 0. The monoisotopic (exact) mass is 410 g/mol. The molecule has 0 spiro atoms. The molecular formula is C17H21F3N8O. The fourth-order valence-electron chi connectivity index (χ4n) is 3.17. The molecule has 1 fully saturated rings. The van der Waals surface area contributed by atoms with E-state index in [4.69, 9.17) is 0 Å². The minimum atomic E-state index is -4.51. The zero-order valence-electron chi connectivity index (χ0n) is 15.7. The van der Waals surface area contributed by atoms with E-state index in [-0.39, 0.29) is 17.9 Å². The van der Waals surface area contributed by atoms with Crippen LogP contribution in [0.15, 0.2) is 24.4 Å². The van der Waals surface area contributed by atoms with Gasteiger partial charge in [0, 0.05) is 19.1 Å². The molecule has 0 aliphatic carbocycles. The number of hydrogen-bond acceptors (Lipinski definition) is 7. The predicted octanol–water partition coefficient (Wildman–Crippen LogP) is 1.21. The zero-order chi connectivity index (χ0) is 20.8. The predicted molar refractivity (Wildman–Crippen MR) is 99.1 cm³/mol. The summed E-state index contributed by atoms with van der Waals surface area (Å²) in [6, 6.07) is 4.29. The molecule has 2 atom stereocenters. The average molecular weight is 410 g/mol. The molecule has 9 nitrogen and oxygen atoms in total. The van der Waals surface area contributed by atoms with Crippen molar-refractivity contribution in [3.05, 3.63) is 30.1 Å². The molecule has 1 saturated heterocycles. The first-order chi connectivity index (χ1) is 13.6. The van der Waals surface area contributed by atoms with Gasteiger partial charge in [-0.2, -0.15) is 18.3 Å². The number of piperazine rings is 1. The van der Waals surface area contributed by atoms with Crippen LogP contribution in [-0.2, 0) is 6.18 Å². The molecule has 29 heavy (non-hydrogen) atoms. The quantitative estimate of drug-likeness (QED) is 0.439. The Kier molecular flexibility index (Phi) is 4.71. The van der Waals surface area contributed by atoms with Crippen molar-refractivity contribution in [1.82, 2.24) is 35.4 Å². The van der Waals surface area contributed by atoms with Crippen molar-refractivity contribution in [3.8, 4) is 11.4 Å². The summed E-state index contributed by atoms with van der Waals surface area (Å²) in [5.41, 5.74) is -0.860. The summed E-state index contributed by atoms with van der Waals surface area (Å²) in [4.78, 5) is 4.17. The molecule has 0 radical (unpaired) electrons. The minimum Gasteiger partial charge on any atom is -0.389 e. The van der Waals surface area contributed by atoms with Crippen LogP contribution in [0.1, 0.15) is 19.5 Å². The number of aromatic amines is 1. The van der Waals surface area contributed by atoms with Crippen LogP contribution >= 0.6 is 0 Å². The Morgan fingerprint density at radius 3 is 2.62 bits per heavy atom. The maximum Gasteiger partial charge on any atom is 0.432 e. The highest BCUT2D eigenvalue weighted by atomic mass is 19.4. The molecule has 12 heteroatoms. The van der Waals surface area contributed by atoms with E-state index in [0.29, 0.717) is 30.2 Å². The molecule has 0 unspecified atom stereocenters. The molecule has 3 aromatic heterocycles. The molecular weight excluding hydrogens is 389 g/mol. The number of nitrogens with zero attached hydrogens (tertiary/aromatic N) is 4. The third-order valence-corrected chi connectivity index (χ3v) is 4.82. The molecule has 1 aliphatic heterocycles. The van der Waals surface area contributed by atoms with Gasteiger partial charge in [-0.1, -0.05) is 0 Å². The van der Waals surface area contributed by atoms with Gasteiger partial charge in [-0.05, 0) is 32.0 Å². The van der Waals surface area contributed by atoms with E-state index in [0.717, 1.165) is 6.07 Å². The smallest absolute Gasteiger partial charge is 0.389 e. The Bertz CT molecular complexity index is 998. The summed E-state index contributed by atoms with van der Waals surface area (Å²) in [5.74, 6) is 0.518. The highest BCUT2D eigenvalue weighted by Gasteiger charge is 2.33. The summed E-state index contributed by atoms with van der Waals surface area (Å²) in [5, 5.41) is 30.0. The number of aromatic nitrogens is 5. The van der Waals surface area contributed by atoms with Gasteiger partial charge in [0.25, 0.3) is 0 Å². The van der Waals surface area contributed by atoms with Crippen LogP contribution in [0, 0.1) is 0 Å². The normalized spacial score (nSPS) is 20.9. The van der Waals surface area contributed by atoms with Crippen molar-refractivity contribution < 1.29 is 18.3 Å². The first kappa shape index (κ1) is 19.6. The topological polar surface area (TPSA) is 115 Å². The molecule has 0 saturated carbocycles. The first-order valence-electron chi connectivity index (χ1n) is 9.05. The lowest BCUT2D eigenvalue weighted by molar-refractivity contribution is -0.141. The lowest BCUT2D eigenvalue weighted by Gasteiger charge is -2.37. The van der Waals surface area contributed by atoms with E-state index >= 15 is 0 Å². The van der Waals surface area contributed by atoms with Crippen LogP contribution in [0.4, 0.5) is 19.0 Å². The van der Waals surface area contributed by atoms with Gasteiger partial charge >= 0.3 is 6.18 Å². The van der Waals surface area contributed by atoms with E-state index < -0.39 is 17.5 Å². The fourth-order valence-corrected chi connectivity index (χ4v) is 3.17. The molecule has 0 aromatic carbocycles. The van der Waals surface area contributed by atoms with Crippen molar-refractivity contribution in [3.63, 3.8) is 0 Å². The number of aliphatic hydroxyl groups is 1. The van der Waals surface area contributed by atoms with Gasteiger partial charge in [0.05, 0.1) is 18.0 Å². The second kappa shape index (κ2) is 6.97. The van der Waals surface area contributed by atoms with Gasteiger partial charge < -0.3 is 15.7 Å². The van der Waals surface area contributed by atoms with Crippen molar-refractivity contribution in [2.24, 2.45) is 0 Å². The molecule has 1 aliphatic rings. The molecule has 156 valence electrons. The Morgan fingerprint density at radius 1 is 1.21 bits per heavy atom. The Balaban J connectivity index is 1.53. The number of nitrogens with one attached hydrogen (secondary N) is 4. The van der Waals surface area contributed by atoms with E-state index in [1.807, 2.05) is 5.10 Å². The van der Waals surface area contributed by atoms with Crippen molar-refractivity contribution in [1.29, 1.82) is 0 Å². The number of anilines is 1. The Morgan fingerprint density at radius 2 is 2.00 bits per heavy atom. The largest absolute Gasteiger partial charge is 0.432 e. The van der Waals surface area contributed by atoms with E-state index in [9.17, 15) is 18.3 Å². The van der Waals surface area contributed by atoms with Gasteiger partial charge in [-0.15, -0.1) is 5.10 Å². The van der Waals surface area contributed by atoms with Gasteiger partial charge in [-0.25, -0.2) is 9.50 Å². The van der Waals surface area contributed by atoms with E-state index in [1.54, 1.807) is 26.0 Å². The third-order valence-electron chi connectivity index (χ3n) is 4.82. The second-order valence-electron chi connectivity index (χ2n) is 7.52. The number of rotatable bonds is 4. The van der Waals surface area contributed by atoms with E-state index in [2.05, 4.69) is 31.1 Å². The van der Waals surface area contributed by atoms with Gasteiger partial charge in [0.1, 0.15) is 22.9 Å². The summed E-state index contributed by atoms with van der Waals surface area (Å²) in [6.45, 7) is 4.61. The highest BCUT2D eigenvalue weighted by molar-refractivity contribution is 5.60. The van der Waals surface area contributed by atoms with E-state index in [1.165, 1.54) is 10.7 Å². The van der Waals surface area contributed by atoms with Crippen molar-refractivity contribution in [2.45, 2.75) is 37.8 Å². The molecule has 4 heterocycles. The minimum absolute atomic E-state index is 0.0845. The number of fused-ring (bicyclic) bond motifs is 1. The molecule has 4 rings (SSSR count). The summed E-state index contributed by atoms with van der Waals surface area (Å²) >= 11 is 0. The van der Waals surface area contributed by atoms with Crippen LogP contribution in [0.5, 0.6) is 0 Å². The van der Waals surface area contributed by atoms with Gasteiger partial charge in [-0.3, -0.25) is 10.4 Å². The van der Waals surface area contributed by atoms with Crippen LogP contribution in [0.3, 0.4) is 0 Å². The maximum absolute atomic E-state index is 12.8. The molecule has 3 aromatic rings. The number of H-pyrrole nitrogens is 1. The molecule has 5 N–H and O–H groups in total. The number of halogens is 3. The van der Waals surface area contributed by atoms with Crippen molar-refractivity contribution in [2.75, 3.05) is 18.4 Å². The average Bonchev–Trinajstić information content (AvgIpc) is 3.27. The molecule has 0 bridgehead atoms. The first-order valence-corrected chi connectivity index (χ1v) is 9.05. The van der Waals surface area contributed by atoms with Gasteiger partial charge in [0.15, 0.2) is 5.65 Å². The van der Waals surface area contributed by atoms with Gasteiger partial charge in [0.2, 0.25) is 0 Å². The van der Waals surface area contributed by atoms with Crippen LogP contribution < -0.4 is 16.0 Å². The maximum atomic E-state index is 12.8. The number of hydrogen-bond donors (Lipinski definition) is 5. The summed E-state index contributed by atoms with van der Waals surface area (Å²) < 4.78 is 39.9. The SMILES string of the molecule is CC(C)(O)[C@@H]1CN[C@H](Nc2ccc3ncc(-c4cc(C(F)(F)F)[nH]n4)n3n2)CN1. The van der Waals surface area contributed by atoms with Crippen LogP contribution in [-0.4, -0.2) is 60.8 Å². The Labute approximate surface area is 163 Å². The summed E-state index contributed by atoms with van der Waals surface area (Å²) in [6.07, 6.45) is -3.21.